The number of benzene rings is 2. The Morgan fingerprint density at radius 1 is 0.875 bits per heavy atom. The Balaban J connectivity index is 1.00. The number of amides is 4. The summed E-state index contributed by atoms with van der Waals surface area (Å²) < 4.78 is 11.4. The van der Waals surface area contributed by atoms with Crippen LogP contribution in [0, 0.1) is 13.8 Å². The number of rotatable bonds is 12. The first kappa shape index (κ1) is 41.2. The average Bonchev–Trinajstić information content (AvgIpc) is 3.36. The summed E-state index contributed by atoms with van der Waals surface area (Å²) in [5.74, 6) is -0.132. The Kier molecular flexibility index (Phi) is 14.1. The molecule has 0 aliphatic carbocycles. The number of nitrogens with zero attached hydrogens (tertiary/aromatic N) is 6. The number of urea groups is 1. The highest BCUT2D eigenvalue weighted by Gasteiger charge is 2.36. The summed E-state index contributed by atoms with van der Waals surface area (Å²) >= 11 is 0. The number of ether oxygens (including phenoxy) is 2. The first-order valence-corrected chi connectivity index (χ1v) is 20.4. The fraction of sp³-hybridized carbons (Fsp3) is 0.619. The van der Waals surface area contributed by atoms with Gasteiger partial charge in [0.15, 0.2) is 6.10 Å². The predicted octanol–water partition coefficient (Wildman–Crippen LogP) is 3.71. The average molecular weight is 776 g/mol. The quantitative estimate of drug-likeness (QED) is 0.307. The molecule has 3 saturated heterocycles. The normalized spacial score (nSPS) is 19.7. The van der Waals surface area contributed by atoms with Crippen molar-refractivity contribution in [1.29, 1.82) is 0 Å². The number of anilines is 1. The molecule has 4 aliphatic heterocycles. The molecule has 306 valence electrons. The second kappa shape index (κ2) is 19.2. The van der Waals surface area contributed by atoms with Crippen molar-refractivity contribution in [2.45, 2.75) is 77.0 Å². The van der Waals surface area contributed by atoms with E-state index in [1.54, 1.807) is 4.90 Å². The van der Waals surface area contributed by atoms with E-state index in [9.17, 15) is 24.3 Å². The van der Waals surface area contributed by atoms with Crippen LogP contribution in [-0.4, -0.2) is 169 Å². The molecule has 1 atom stereocenters. The van der Waals surface area contributed by atoms with E-state index >= 15 is 0 Å². The highest BCUT2D eigenvalue weighted by Crippen LogP contribution is 2.27. The van der Waals surface area contributed by atoms with Crippen molar-refractivity contribution in [2.75, 3.05) is 98.0 Å². The van der Waals surface area contributed by atoms with Gasteiger partial charge < -0.3 is 44.4 Å². The Morgan fingerprint density at radius 2 is 1.54 bits per heavy atom. The molecule has 2 N–H and O–H groups in total. The predicted molar refractivity (Wildman–Crippen MR) is 214 cm³/mol. The first-order chi connectivity index (χ1) is 26.9. The molecule has 2 aromatic carbocycles. The number of carbonyl (C=O) groups excluding carboxylic acids is 4. The number of nitrogens with one attached hydrogen (secondary N) is 1. The standard InChI is InChI=1S/C42H61N7O7/c1-30-27-32(28-31(2)39(30)51)29-37(56-42(54)48-18-12-35(13-19-48)49-20-9-33-7-5-6-8-36(33)43-41(49)53)40(52)47-23-21-46(22-24-47)34-10-15-45(16-11-34)17-14-38(50)55-26-25-44(3)4/h5-8,27-28,34-35,37,51H,9-26,29H2,1-4H3,(H,43,53)/t37-/m1/s1. The van der Waals surface area contributed by atoms with Crippen molar-refractivity contribution >= 4 is 29.7 Å². The fourth-order valence-corrected chi connectivity index (χ4v) is 8.53. The Hall–Kier alpha value is -4.40. The summed E-state index contributed by atoms with van der Waals surface area (Å²) in [5, 5.41) is 13.5. The number of fused-ring (bicyclic) bond motifs is 1. The highest BCUT2D eigenvalue weighted by atomic mass is 16.6. The lowest BCUT2D eigenvalue weighted by Gasteiger charge is -2.43. The number of hydrogen-bond acceptors (Lipinski definition) is 10. The number of aromatic hydroxyl groups is 1. The summed E-state index contributed by atoms with van der Waals surface area (Å²) in [5.41, 5.74) is 4.20. The van der Waals surface area contributed by atoms with Gasteiger partial charge in [0.2, 0.25) is 0 Å². The van der Waals surface area contributed by atoms with Crippen molar-refractivity contribution in [3.05, 3.63) is 58.7 Å². The number of piperidine rings is 2. The number of hydrogen-bond donors (Lipinski definition) is 2. The fourth-order valence-electron chi connectivity index (χ4n) is 8.53. The van der Waals surface area contributed by atoms with Crippen LogP contribution in [0.25, 0.3) is 0 Å². The van der Waals surface area contributed by atoms with Gasteiger partial charge in [-0.1, -0.05) is 30.3 Å². The van der Waals surface area contributed by atoms with Gasteiger partial charge in [0.1, 0.15) is 12.4 Å². The van der Waals surface area contributed by atoms with Crippen LogP contribution in [0.3, 0.4) is 0 Å². The van der Waals surface area contributed by atoms with Crippen molar-refractivity contribution in [3.8, 4) is 5.75 Å². The first-order valence-electron chi connectivity index (χ1n) is 20.4. The molecule has 2 aromatic rings. The lowest BCUT2D eigenvalue weighted by Crippen LogP contribution is -2.56. The van der Waals surface area contributed by atoms with E-state index in [0.29, 0.717) is 82.3 Å². The molecule has 14 heteroatoms. The monoisotopic (exact) mass is 775 g/mol. The van der Waals surface area contributed by atoms with Crippen LogP contribution in [0.15, 0.2) is 36.4 Å². The maximum atomic E-state index is 14.2. The number of phenolic OH excluding ortho intramolecular Hbond substituents is 1. The molecule has 14 nitrogen and oxygen atoms in total. The zero-order chi connectivity index (χ0) is 39.8. The summed E-state index contributed by atoms with van der Waals surface area (Å²) in [4.78, 5) is 65.4. The minimum Gasteiger partial charge on any atom is -0.507 e. The van der Waals surface area contributed by atoms with E-state index in [-0.39, 0.29) is 36.1 Å². The molecule has 4 aliphatic rings. The van der Waals surface area contributed by atoms with Gasteiger partial charge in [0.05, 0.1) is 6.42 Å². The molecular weight excluding hydrogens is 715 g/mol. The summed E-state index contributed by atoms with van der Waals surface area (Å²) in [7, 11) is 3.91. The largest absolute Gasteiger partial charge is 0.507 e. The molecule has 0 spiro atoms. The second-order valence-corrected chi connectivity index (χ2v) is 16.1. The smallest absolute Gasteiger partial charge is 0.410 e. The zero-order valence-electron chi connectivity index (χ0n) is 33.7. The highest BCUT2D eigenvalue weighted by molar-refractivity contribution is 5.91. The van der Waals surface area contributed by atoms with Crippen LogP contribution in [0.5, 0.6) is 5.75 Å². The van der Waals surface area contributed by atoms with E-state index in [4.69, 9.17) is 9.47 Å². The number of carbonyl (C=O) groups is 4. The Bertz CT molecular complexity index is 1660. The van der Waals surface area contributed by atoms with Gasteiger partial charge in [-0.2, -0.15) is 0 Å². The third-order valence-electron chi connectivity index (χ3n) is 11.9. The van der Waals surface area contributed by atoms with E-state index in [0.717, 1.165) is 68.8 Å². The lowest BCUT2D eigenvalue weighted by molar-refractivity contribution is -0.145. The van der Waals surface area contributed by atoms with Gasteiger partial charge in [-0.3, -0.25) is 14.5 Å². The second-order valence-electron chi connectivity index (χ2n) is 16.1. The van der Waals surface area contributed by atoms with Crippen molar-refractivity contribution in [3.63, 3.8) is 0 Å². The molecule has 0 aromatic heterocycles. The number of piperazine rings is 1. The van der Waals surface area contributed by atoms with Gasteiger partial charge in [0.25, 0.3) is 5.91 Å². The van der Waals surface area contributed by atoms with Crippen LogP contribution in [0.4, 0.5) is 15.3 Å². The maximum absolute atomic E-state index is 14.2. The van der Waals surface area contributed by atoms with Gasteiger partial charge in [0, 0.05) is 83.1 Å². The van der Waals surface area contributed by atoms with Crippen molar-refractivity contribution < 1.29 is 33.8 Å². The van der Waals surface area contributed by atoms with Gasteiger partial charge in [-0.25, -0.2) is 9.59 Å². The van der Waals surface area contributed by atoms with Gasteiger partial charge >= 0.3 is 18.1 Å². The number of likely N-dealkylation sites (tertiary alicyclic amines) is 2. The minimum absolute atomic E-state index is 0.000813. The third-order valence-corrected chi connectivity index (χ3v) is 11.9. The molecule has 0 radical (unpaired) electrons. The number of likely N-dealkylation sites (N-methyl/N-ethyl adjacent to an activating group) is 1. The van der Waals surface area contributed by atoms with Crippen LogP contribution in [-0.2, 0) is 31.9 Å². The molecule has 4 heterocycles. The van der Waals surface area contributed by atoms with Crippen LogP contribution in [0.1, 0.15) is 54.4 Å². The third kappa shape index (κ3) is 10.7. The van der Waals surface area contributed by atoms with Gasteiger partial charge in [-0.15, -0.1) is 0 Å². The Morgan fingerprint density at radius 3 is 2.21 bits per heavy atom. The molecule has 0 bridgehead atoms. The van der Waals surface area contributed by atoms with E-state index in [1.165, 1.54) is 0 Å². The molecule has 6 rings (SSSR count). The lowest BCUT2D eigenvalue weighted by atomic mass is 10.00. The summed E-state index contributed by atoms with van der Waals surface area (Å²) in [6, 6.07) is 11.9. The number of aryl methyl sites for hydroxylation is 2. The molecule has 56 heavy (non-hydrogen) atoms. The number of para-hydroxylation sites is 1. The van der Waals surface area contributed by atoms with Crippen LogP contribution >= 0.6 is 0 Å². The van der Waals surface area contributed by atoms with E-state index in [1.807, 2.05) is 79.0 Å². The maximum Gasteiger partial charge on any atom is 0.410 e. The van der Waals surface area contributed by atoms with Crippen LogP contribution in [0.2, 0.25) is 0 Å². The SMILES string of the molecule is Cc1cc(C[C@@H](OC(=O)N2CCC(N3CCc4ccccc4NC3=O)CC2)C(=O)N2CCN(C3CCN(CCC(=O)OCCN(C)C)CC3)CC2)cc(C)c1O. The molecular formula is C42H61N7O7. The van der Waals surface area contributed by atoms with E-state index < -0.39 is 12.2 Å². The summed E-state index contributed by atoms with van der Waals surface area (Å²) in [6.45, 7) is 11.4. The van der Waals surface area contributed by atoms with E-state index in [2.05, 4.69) is 15.1 Å². The molecule has 0 saturated carbocycles. The molecule has 4 amide bonds. The van der Waals surface area contributed by atoms with Gasteiger partial charge in [-0.05, 0) is 101 Å². The topological polar surface area (TPSA) is 138 Å². The zero-order valence-corrected chi connectivity index (χ0v) is 33.7. The van der Waals surface area contributed by atoms with Crippen LogP contribution < -0.4 is 5.32 Å². The summed E-state index contributed by atoms with van der Waals surface area (Å²) in [6.07, 6.45) is 3.11. The minimum atomic E-state index is -1.01. The van der Waals surface area contributed by atoms with Crippen molar-refractivity contribution in [1.82, 2.24) is 29.4 Å². The number of phenols is 1. The Labute approximate surface area is 331 Å². The van der Waals surface area contributed by atoms with Crippen molar-refractivity contribution in [2.24, 2.45) is 0 Å². The number of esters is 1. The molecule has 0 unspecified atom stereocenters. The molecule has 3 fully saturated rings.